The van der Waals surface area contributed by atoms with Crippen molar-refractivity contribution in [2.24, 2.45) is 11.7 Å². The highest BCUT2D eigenvalue weighted by Gasteiger charge is 2.36. The van der Waals surface area contributed by atoms with Crippen LogP contribution in [0.15, 0.2) is 30.3 Å². The molecule has 1 aromatic rings. The van der Waals surface area contributed by atoms with Crippen LogP contribution in [0.1, 0.15) is 37.2 Å². The minimum Gasteiger partial charge on any atom is -0.342 e. The summed E-state index contributed by atoms with van der Waals surface area (Å²) in [6.07, 6.45) is 4.17. The van der Waals surface area contributed by atoms with E-state index >= 15 is 0 Å². The summed E-state index contributed by atoms with van der Waals surface area (Å²) in [4.78, 5) is 14.5. The molecule has 1 saturated heterocycles. The van der Waals surface area contributed by atoms with Gasteiger partial charge in [-0.15, -0.1) is 0 Å². The third-order valence-corrected chi connectivity index (χ3v) is 4.66. The number of nitrogens with zero attached hydrogens (tertiary/aromatic N) is 1. The van der Waals surface area contributed by atoms with Crippen LogP contribution >= 0.6 is 0 Å². The summed E-state index contributed by atoms with van der Waals surface area (Å²) in [5.74, 6) is 0.876. The standard InChI is InChI=1S/C16H22N2O/c17-15-8-4-7-14(15)16(19)18-10-9-13(11-18)12-5-2-1-3-6-12/h1-3,5-6,13-15H,4,7-11,17H2. The maximum atomic E-state index is 12.5. The fraction of sp³-hybridized carbons (Fsp3) is 0.562. The SMILES string of the molecule is NC1CCCC1C(=O)N1CCC(c2ccccc2)C1. The fourth-order valence-electron chi connectivity index (χ4n) is 3.49. The van der Waals surface area contributed by atoms with Crippen molar-refractivity contribution in [2.75, 3.05) is 13.1 Å². The Hall–Kier alpha value is -1.35. The smallest absolute Gasteiger partial charge is 0.227 e. The van der Waals surface area contributed by atoms with Gasteiger partial charge in [0.15, 0.2) is 0 Å². The molecule has 1 saturated carbocycles. The van der Waals surface area contributed by atoms with Crippen LogP contribution in [0.25, 0.3) is 0 Å². The van der Waals surface area contributed by atoms with E-state index in [9.17, 15) is 4.79 Å². The lowest BCUT2D eigenvalue weighted by molar-refractivity contribution is -0.134. The third kappa shape index (κ3) is 2.52. The molecule has 3 rings (SSSR count). The first kappa shape index (κ1) is 12.7. The van der Waals surface area contributed by atoms with E-state index in [1.54, 1.807) is 0 Å². The van der Waals surface area contributed by atoms with Gasteiger partial charge >= 0.3 is 0 Å². The summed E-state index contributed by atoms with van der Waals surface area (Å²) >= 11 is 0. The number of amides is 1. The molecule has 0 aromatic heterocycles. The van der Waals surface area contributed by atoms with Gasteiger partial charge in [0.1, 0.15) is 0 Å². The van der Waals surface area contributed by atoms with E-state index in [-0.39, 0.29) is 12.0 Å². The Morgan fingerprint density at radius 3 is 2.63 bits per heavy atom. The number of carbonyl (C=O) groups excluding carboxylic acids is 1. The fourth-order valence-corrected chi connectivity index (χ4v) is 3.49. The summed E-state index contributed by atoms with van der Waals surface area (Å²) in [6.45, 7) is 1.76. The molecule has 2 fully saturated rings. The summed E-state index contributed by atoms with van der Waals surface area (Å²) in [5, 5.41) is 0. The summed E-state index contributed by atoms with van der Waals surface area (Å²) < 4.78 is 0. The average molecular weight is 258 g/mol. The lowest BCUT2D eigenvalue weighted by Gasteiger charge is -2.23. The van der Waals surface area contributed by atoms with Crippen LogP contribution in [-0.2, 0) is 4.79 Å². The molecule has 2 N–H and O–H groups in total. The molecule has 102 valence electrons. The summed E-state index contributed by atoms with van der Waals surface area (Å²) in [6, 6.07) is 10.6. The van der Waals surface area contributed by atoms with Gasteiger partial charge in [0.25, 0.3) is 0 Å². The molecule has 2 aliphatic rings. The van der Waals surface area contributed by atoms with Gasteiger partial charge in [-0.25, -0.2) is 0 Å². The number of rotatable bonds is 2. The first-order valence-electron chi connectivity index (χ1n) is 7.35. The number of benzene rings is 1. The molecule has 3 nitrogen and oxygen atoms in total. The molecular weight excluding hydrogens is 236 g/mol. The molecule has 3 atom stereocenters. The van der Waals surface area contributed by atoms with E-state index in [4.69, 9.17) is 5.73 Å². The zero-order valence-electron chi connectivity index (χ0n) is 11.3. The van der Waals surface area contributed by atoms with E-state index in [1.165, 1.54) is 5.56 Å². The van der Waals surface area contributed by atoms with Crippen molar-refractivity contribution in [3.05, 3.63) is 35.9 Å². The normalized spacial score (nSPS) is 30.8. The first-order chi connectivity index (χ1) is 9.25. The lowest BCUT2D eigenvalue weighted by atomic mass is 9.98. The van der Waals surface area contributed by atoms with Crippen LogP contribution in [0.3, 0.4) is 0 Å². The lowest BCUT2D eigenvalue weighted by Crippen LogP contribution is -2.40. The molecule has 1 aliphatic carbocycles. The zero-order chi connectivity index (χ0) is 13.2. The van der Waals surface area contributed by atoms with Crippen molar-refractivity contribution in [3.63, 3.8) is 0 Å². The predicted octanol–water partition coefficient (Wildman–Crippen LogP) is 2.13. The molecule has 3 unspecified atom stereocenters. The number of hydrogen-bond donors (Lipinski definition) is 1. The van der Waals surface area contributed by atoms with Gasteiger partial charge in [0, 0.05) is 25.0 Å². The van der Waals surface area contributed by atoms with Crippen molar-refractivity contribution in [2.45, 2.75) is 37.6 Å². The van der Waals surface area contributed by atoms with Crippen molar-refractivity contribution in [1.82, 2.24) is 4.90 Å². The van der Waals surface area contributed by atoms with Gasteiger partial charge in [-0.2, -0.15) is 0 Å². The molecule has 0 radical (unpaired) electrons. The second kappa shape index (κ2) is 5.33. The summed E-state index contributed by atoms with van der Waals surface area (Å²) in [5.41, 5.74) is 7.40. The van der Waals surface area contributed by atoms with Gasteiger partial charge in [-0.05, 0) is 24.8 Å². The molecule has 1 heterocycles. The van der Waals surface area contributed by atoms with Crippen molar-refractivity contribution in [3.8, 4) is 0 Å². The van der Waals surface area contributed by atoms with Gasteiger partial charge in [0.05, 0.1) is 5.92 Å². The van der Waals surface area contributed by atoms with Gasteiger partial charge in [0.2, 0.25) is 5.91 Å². The van der Waals surface area contributed by atoms with Crippen LogP contribution in [0, 0.1) is 5.92 Å². The molecule has 1 amide bonds. The molecule has 0 spiro atoms. The van der Waals surface area contributed by atoms with E-state index in [0.29, 0.717) is 11.8 Å². The maximum absolute atomic E-state index is 12.5. The van der Waals surface area contributed by atoms with E-state index in [0.717, 1.165) is 38.8 Å². The molecule has 1 aliphatic heterocycles. The van der Waals surface area contributed by atoms with Crippen LogP contribution in [0.5, 0.6) is 0 Å². The Morgan fingerprint density at radius 1 is 1.16 bits per heavy atom. The minimum atomic E-state index is 0.0783. The monoisotopic (exact) mass is 258 g/mol. The number of likely N-dealkylation sites (tertiary alicyclic amines) is 1. The van der Waals surface area contributed by atoms with Gasteiger partial charge in [-0.3, -0.25) is 4.79 Å². The third-order valence-electron chi connectivity index (χ3n) is 4.66. The molecule has 0 bridgehead atoms. The average Bonchev–Trinajstić information content (AvgIpc) is 3.08. The Morgan fingerprint density at radius 2 is 1.95 bits per heavy atom. The van der Waals surface area contributed by atoms with E-state index in [1.807, 2.05) is 11.0 Å². The molecule has 3 heteroatoms. The van der Waals surface area contributed by atoms with Crippen LogP contribution in [-0.4, -0.2) is 29.9 Å². The van der Waals surface area contributed by atoms with Gasteiger partial charge < -0.3 is 10.6 Å². The van der Waals surface area contributed by atoms with Crippen LogP contribution in [0.2, 0.25) is 0 Å². The van der Waals surface area contributed by atoms with E-state index < -0.39 is 0 Å². The molecule has 1 aromatic carbocycles. The largest absolute Gasteiger partial charge is 0.342 e. The number of carbonyl (C=O) groups is 1. The van der Waals surface area contributed by atoms with Gasteiger partial charge in [-0.1, -0.05) is 36.8 Å². The van der Waals surface area contributed by atoms with Crippen LogP contribution < -0.4 is 5.73 Å². The highest BCUT2D eigenvalue weighted by molar-refractivity contribution is 5.80. The van der Waals surface area contributed by atoms with Crippen LogP contribution in [0.4, 0.5) is 0 Å². The Bertz CT molecular complexity index is 445. The van der Waals surface area contributed by atoms with Crippen molar-refractivity contribution < 1.29 is 4.79 Å². The second-order valence-electron chi connectivity index (χ2n) is 5.88. The number of hydrogen-bond acceptors (Lipinski definition) is 2. The highest BCUT2D eigenvalue weighted by atomic mass is 16.2. The Balaban J connectivity index is 1.64. The highest BCUT2D eigenvalue weighted by Crippen LogP contribution is 2.31. The summed E-state index contributed by atoms with van der Waals surface area (Å²) in [7, 11) is 0. The molecule has 19 heavy (non-hydrogen) atoms. The first-order valence-corrected chi connectivity index (χ1v) is 7.35. The van der Waals surface area contributed by atoms with E-state index in [2.05, 4.69) is 24.3 Å². The zero-order valence-corrected chi connectivity index (χ0v) is 11.3. The Labute approximate surface area is 114 Å². The molecular formula is C16H22N2O. The minimum absolute atomic E-state index is 0.0783. The predicted molar refractivity (Wildman–Crippen MR) is 75.7 cm³/mol. The number of nitrogens with two attached hydrogens (primary N) is 1. The quantitative estimate of drug-likeness (QED) is 0.883. The Kier molecular flexibility index (Phi) is 3.56. The topological polar surface area (TPSA) is 46.3 Å². The second-order valence-corrected chi connectivity index (χ2v) is 5.88. The maximum Gasteiger partial charge on any atom is 0.227 e. The van der Waals surface area contributed by atoms with Crippen molar-refractivity contribution in [1.29, 1.82) is 0 Å². The van der Waals surface area contributed by atoms with Crippen molar-refractivity contribution >= 4 is 5.91 Å².